The van der Waals surface area contributed by atoms with E-state index in [9.17, 15) is 31.9 Å². The molecule has 0 atom stereocenters. The number of aromatic amines is 1. The molecule has 2 aromatic heterocycles. The Morgan fingerprint density at radius 1 is 1.03 bits per heavy atom. The third-order valence-electron chi connectivity index (χ3n) is 5.79. The number of thiophene rings is 1. The Hall–Kier alpha value is -3.73. The van der Waals surface area contributed by atoms with E-state index in [1.807, 2.05) is 0 Å². The molecule has 0 bridgehead atoms. The maximum absolute atomic E-state index is 14.3. The summed E-state index contributed by atoms with van der Waals surface area (Å²) in [7, 11) is 0. The van der Waals surface area contributed by atoms with Crippen LogP contribution in [0.15, 0.2) is 46.0 Å². The molecule has 1 aliphatic heterocycles. The molecule has 0 saturated carbocycles. The summed E-state index contributed by atoms with van der Waals surface area (Å²) in [4.78, 5) is 43.4. The zero-order chi connectivity index (χ0) is 24.1. The summed E-state index contributed by atoms with van der Waals surface area (Å²) in [5.41, 5.74) is -1.73. The molecule has 6 nitrogen and oxygen atoms in total. The molecule has 0 saturated heterocycles. The fourth-order valence-corrected chi connectivity index (χ4v) is 5.38. The van der Waals surface area contributed by atoms with Gasteiger partial charge >= 0.3 is 5.69 Å². The predicted molar refractivity (Wildman–Crippen MR) is 117 cm³/mol. The first-order chi connectivity index (χ1) is 16.2. The van der Waals surface area contributed by atoms with Gasteiger partial charge in [0.2, 0.25) is 5.91 Å². The smallest absolute Gasteiger partial charge is 0.334 e. The zero-order valence-electron chi connectivity index (χ0n) is 17.3. The Labute approximate surface area is 192 Å². The molecule has 1 N–H and O–H groups in total. The monoisotopic (exact) mass is 489 g/mol. The molecule has 1 aliphatic rings. The highest BCUT2D eigenvalue weighted by molar-refractivity contribution is 7.18. The minimum atomic E-state index is -1.06. The van der Waals surface area contributed by atoms with Crippen molar-refractivity contribution in [1.82, 2.24) is 14.5 Å². The molecule has 5 rings (SSSR count). The predicted octanol–water partition coefficient (Wildman–Crippen LogP) is 3.42. The fraction of sp³-hybridized carbons (Fsp3) is 0.174. The molecule has 3 heterocycles. The van der Waals surface area contributed by atoms with Gasteiger partial charge in [0.15, 0.2) is 0 Å². The van der Waals surface area contributed by atoms with Crippen LogP contribution >= 0.6 is 11.3 Å². The molecule has 0 aliphatic carbocycles. The molecule has 2 aromatic carbocycles. The quantitative estimate of drug-likeness (QED) is 0.448. The van der Waals surface area contributed by atoms with E-state index in [1.165, 1.54) is 11.0 Å². The van der Waals surface area contributed by atoms with E-state index in [0.29, 0.717) is 21.1 Å². The van der Waals surface area contributed by atoms with Crippen molar-refractivity contribution in [2.45, 2.75) is 19.4 Å². The van der Waals surface area contributed by atoms with Crippen molar-refractivity contribution in [2.75, 3.05) is 6.54 Å². The highest BCUT2D eigenvalue weighted by Gasteiger charge is 2.28. The van der Waals surface area contributed by atoms with Gasteiger partial charge in [0.05, 0.1) is 24.0 Å². The topological polar surface area (TPSA) is 75.2 Å². The van der Waals surface area contributed by atoms with Crippen LogP contribution in [0.3, 0.4) is 0 Å². The van der Waals surface area contributed by atoms with Crippen LogP contribution in [0.25, 0.3) is 15.9 Å². The first-order valence-corrected chi connectivity index (χ1v) is 11.0. The summed E-state index contributed by atoms with van der Waals surface area (Å²) < 4.78 is 56.1. The van der Waals surface area contributed by atoms with Crippen LogP contribution in [0.5, 0.6) is 0 Å². The van der Waals surface area contributed by atoms with E-state index in [0.717, 1.165) is 35.6 Å². The molecular weight excluding hydrogens is 474 g/mol. The Kier molecular flexibility index (Phi) is 5.35. The normalized spacial score (nSPS) is 13.4. The van der Waals surface area contributed by atoms with E-state index < -0.39 is 46.8 Å². The van der Waals surface area contributed by atoms with Gasteiger partial charge in [0, 0.05) is 23.1 Å². The molecule has 1 amide bonds. The lowest BCUT2D eigenvalue weighted by atomic mass is 10.0. The Morgan fingerprint density at radius 2 is 1.76 bits per heavy atom. The summed E-state index contributed by atoms with van der Waals surface area (Å²) in [6.07, 6.45) is -0.194. The van der Waals surface area contributed by atoms with Crippen LogP contribution < -0.4 is 11.2 Å². The van der Waals surface area contributed by atoms with Gasteiger partial charge in [0.1, 0.15) is 28.1 Å². The van der Waals surface area contributed by atoms with Crippen LogP contribution in [0.4, 0.5) is 17.6 Å². The molecule has 174 valence electrons. The van der Waals surface area contributed by atoms with E-state index in [2.05, 4.69) is 4.98 Å². The van der Waals surface area contributed by atoms with Crippen molar-refractivity contribution >= 4 is 27.5 Å². The van der Waals surface area contributed by atoms with E-state index in [1.54, 1.807) is 0 Å². The van der Waals surface area contributed by atoms with E-state index >= 15 is 0 Å². The minimum absolute atomic E-state index is 0.0932. The van der Waals surface area contributed by atoms with Gasteiger partial charge in [-0.05, 0) is 36.2 Å². The highest BCUT2D eigenvalue weighted by Crippen LogP contribution is 2.32. The number of fused-ring (bicyclic) bond motifs is 3. The van der Waals surface area contributed by atoms with E-state index in [4.69, 9.17) is 0 Å². The number of H-pyrrole nitrogens is 1. The molecule has 4 aromatic rings. The minimum Gasteiger partial charge on any atom is -0.337 e. The first kappa shape index (κ1) is 22.1. The largest absolute Gasteiger partial charge is 0.337 e. The Balaban J connectivity index is 1.51. The maximum Gasteiger partial charge on any atom is 0.334 e. The summed E-state index contributed by atoms with van der Waals surface area (Å²) in [5.74, 6) is -4.00. The van der Waals surface area contributed by atoms with Gasteiger partial charge < -0.3 is 4.90 Å². The second-order valence-electron chi connectivity index (χ2n) is 7.82. The number of carbonyl (C=O) groups is 1. The Bertz CT molecular complexity index is 1570. The SMILES string of the molecule is O=C(Cc1c(F)cccc1F)N1CCc2c(sc3[nH]c(=O)n(-c4ccc(F)cc4F)c(=O)c23)C1. The van der Waals surface area contributed by atoms with Crippen molar-refractivity contribution in [3.63, 3.8) is 0 Å². The number of nitrogens with one attached hydrogen (secondary N) is 1. The van der Waals surface area contributed by atoms with Crippen molar-refractivity contribution in [3.8, 4) is 5.69 Å². The molecule has 0 fully saturated rings. The summed E-state index contributed by atoms with van der Waals surface area (Å²) in [6.45, 7) is 0.285. The standard InChI is InChI=1S/C23H15F4N3O3S/c24-11-4-5-17(16(27)8-11)30-22(32)20-12-6-7-29(10-18(12)34-21(20)28-23(30)33)19(31)9-13-14(25)2-1-3-15(13)26/h1-5,8H,6-7,9-10H2,(H,28,33). The van der Waals surface area contributed by atoms with Crippen molar-refractivity contribution in [2.24, 2.45) is 0 Å². The Morgan fingerprint density at radius 3 is 2.47 bits per heavy atom. The molecule has 34 heavy (non-hydrogen) atoms. The molecule has 0 radical (unpaired) electrons. The van der Waals surface area contributed by atoms with Crippen LogP contribution in [0, 0.1) is 23.3 Å². The van der Waals surface area contributed by atoms with Gasteiger partial charge in [-0.15, -0.1) is 11.3 Å². The van der Waals surface area contributed by atoms with Crippen LogP contribution in [0.2, 0.25) is 0 Å². The number of nitrogens with zero attached hydrogens (tertiary/aromatic N) is 2. The molecule has 11 heteroatoms. The molecule has 0 spiro atoms. The second kappa shape index (κ2) is 8.24. The van der Waals surface area contributed by atoms with Crippen molar-refractivity contribution in [1.29, 1.82) is 0 Å². The van der Waals surface area contributed by atoms with Gasteiger partial charge in [-0.25, -0.2) is 26.9 Å². The van der Waals surface area contributed by atoms with Gasteiger partial charge in [0.25, 0.3) is 5.56 Å². The zero-order valence-corrected chi connectivity index (χ0v) is 18.1. The van der Waals surface area contributed by atoms with Crippen LogP contribution in [0.1, 0.15) is 16.0 Å². The molecule has 0 unspecified atom stereocenters. The fourth-order valence-electron chi connectivity index (χ4n) is 4.13. The average Bonchev–Trinajstić information content (AvgIpc) is 3.15. The number of rotatable bonds is 3. The number of benzene rings is 2. The summed E-state index contributed by atoms with van der Waals surface area (Å²) in [6, 6.07) is 5.91. The number of halogens is 4. The lowest BCUT2D eigenvalue weighted by molar-refractivity contribution is -0.131. The van der Waals surface area contributed by atoms with E-state index in [-0.39, 0.29) is 41.0 Å². The van der Waals surface area contributed by atoms with Crippen molar-refractivity contribution in [3.05, 3.63) is 96.5 Å². The third kappa shape index (κ3) is 3.61. The van der Waals surface area contributed by atoms with Gasteiger partial charge in [-0.3, -0.25) is 14.6 Å². The second-order valence-corrected chi connectivity index (χ2v) is 8.92. The summed E-state index contributed by atoms with van der Waals surface area (Å²) in [5, 5.41) is 0.190. The van der Waals surface area contributed by atoms with Crippen LogP contribution in [-0.4, -0.2) is 26.9 Å². The number of hydrogen-bond donors (Lipinski definition) is 1. The third-order valence-corrected chi connectivity index (χ3v) is 6.92. The summed E-state index contributed by atoms with van der Waals surface area (Å²) >= 11 is 1.11. The van der Waals surface area contributed by atoms with Gasteiger partial charge in [-0.2, -0.15) is 0 Å². The highest BCUT2D eigenvalue weighted by atomic mass is 32.1. The first-order valence-electron chi connectivity index (χ1n) is 10.2. The number of hydrogen-bond acceptors (Lipinski definition) is 4. The lowest BCUT2D eigenvalue weighted by Crippen LogP contribution is -2.37. The number of carbonyl (C=O) groups excluding carboxylic acids is 1. The van der Waals surface area contributed by atoms with Crippen LogP contribution in [-0.2, 0) is 24.2 Å². The number of amides is 1. The average molecular weight is 489 g/mol. The molecular formula is C23H15F4N3O3S. The lowest BCUT2D eigenvalue weighted by Gasteiger charge is -2.27. The maximum atomic E-state index is 14.3. The van der Waals surface area contributed by atoms with Crippen molar-refractivity contribution < 1.29 is 22.4 Å². The van der Waals surface area contributed by atoms with Gasteiger partial charge in [-0.1, -0.05) is 6.07 Å². The number of aromatic nitrogens is 2.